The molecule has 1 aliphatic rings. The summed E-state index contributed by atoms with van der Waals surface area (Å²) in [6, 6.07) is 10.6. The van der Waals surface area contributed by atoms with Gasteiger partial charge in [-0.1, -0.05) is 11.6 Å². The van der Waals surface area contributed by atoms with Gasteiger partial charge >= 0.3 is 11.9 Å². The Hall–Kier alpha value is -3.06. The monoisotopic (exact) mass is 417 g/mol. The number of halogens is 1. The van der Waals surface area contributed by atoms with Crippen molar-refractivity contribution in [3.8, 4) is 5.75 Å². The van der Waals surface area contributed by atoms with Crippen molar-refractivity contribution in [2.45, 2.75) is 31.2 Å². The minimum atomic E-state index is -1.30. The lowest BCUT2D eigenvalue weighted by molar-refractivity contribution is -0.141. The van der Waals surface area contributed by atoms with E-state index in [4.69, 9.17) is 16.3 Å². The van der Waals surface area contributed by atoms with Gasteiger partial charge in [0.05, 0.1) is 20.0 Å². The highest BCUT2D eigenvalue weighted by Crippen LogP contribution is 2.51. The molecule has 0 aliphatic carbocycles. The molecule has 0 spiro atoms. The highest BCUT2D eigenvalue weighted by molar-refractivity contribution is 6.30. The lowest BCUT2D eigenvalue weighted by atomic mass is 9.71. The van der Waals surface area contributed by atoms with Crippen LogP contribution >= 0.6 is 11.6 Å². The van der Waals surface area contributed by atoms with Gasteiger partial charge in [0.2, 0.25) is 0 Å². The van der Waals surface area contributed by atoms with Gasteiger partial charge in [0, 0.05) is 27.7 Å². The Bertz CT molecular complexity index is 956. The van der Waals surface area contributed by atoms with E-state index in [1.807, 2.05) is 0 Å². The van der Waals surface area contributed by atoms with Crippen molar-refractivity contribution in [1.29, 1.82) is 0 Å². The molecule has 1 unspecified atom stereocenters. The highest BCUT2D eigenvalue weighted by Gasteiger charge is 2.53. The van der Waals surface area contributed by atoms with Crippen molar-refractivity contribution in [2.75, 3.05) is 12.0 Å². The van der Waals surface area contributed by atoms with E-state index in [0.717, 1.165) is 0 Å². The summed E-state index contributed by atoms with van der Waals surface area (Å²) >= 11 is 5.91. The first-order valence-corrected chi connectivity index (χ1v) is 9.28. The fourth-order valence-corrected chi connectivity index (χ4v) is 4.16. The first kappa shape index (κ1) is 20.7. The van der Waals surface area contributed by atoms with Gasteiger partial charge in [-0.15, -0.1) is 0 Å². The zero-order valence-electron chi connectivity index (χ0n) is 15.9. The van der Waals surface area contributed by atoms with Gasteiger partial charge in [0.1, 0.15) is 5.75 Å². The van der Waals surface area contributed by atoms with Crippen LogP contribution in [0.1, 0.15) is 35.7 Å². The molecule has 1 atom stereocenters. The third-order valence-electron chi connectivity index (χ3n) is 5.43. The molecule has 152 valence electrons. The van der Waals surface area contributed by atoms with E-state index in [1.54, 1.807) is 49.4 Å². The number of carboxylic acids is 2. The number of carbonyl (C=O) groups is 3. The van der Waals surface area contributed by atoms with Crippen molar-refractivity contribution >= 4 is 35.1 Å². The standard InChI is InChI=1S/C21H20ClNO6/c1-12-21(10-18(24)25,11-19(26)27)16-9-15(29-2)7-8-17(16)23(12)20(28)13-3-5-14(22)6-4-13/h3-9,12H,10-11H2,1-2H3,(H,24,25)(H,26,27). The summed E-state index contributed by atoms with van der Waals surface area (Å²) in [7, 11) is 1.47. The van der Waals surface area contributed by atoms with Crippen molar-refractivity contribution in [2.24, 2.45) is 0 Å². The zero-order chi connectivity index (χ0) is 21.3. The third-order valence-corrected chi connectivity index (χ3v) is 5.68. The molecular weight excluding hydrogens is 398 g/mol. The number of benzene rings is 2. The molecule has 1 aliphatic heterocycles. The van der Waals surface area contributed by atoms with Gasteiger partial charge in [-0.25, -0.2) is 0 Å². The van der Waals surface area contributed by atoms with Crippen LogP contribution in [-0.2, 0) is 15.0 Å². The van der Waals surface area contributed by atoms with Crippen LogP contribution in [-0.4, -0.2) is 41.2 Å². The van der Waals surface area contributed by atoms with Crippen LogP contribution < -0.4 is 9.64 Å². The van der Waals surface area contributed by atoms with Crippen LogP contribution in [0.5, 0.6) is 5.75 Å². The maximum atomic E-state index is 13.3. The van der Waals surface area contributed by atoms with Crippen molar-refractivity contribution in [1.82, 2.24) is 0 Å². The largest absolute Gasteiger partial charge is 0.497 e. The molecule has 2 aromatic rings. The second kappa shape index (κ2) is 7.75. The van der Waals surface area contributed by atoms with Crippen LogP contribution in [0.3, 0.4) is 0 Å². The number of hydrogen-bond donors (Lipinski definition) is 2. The summed E-state index contributed by atoms with van der Waals surface area (Å²) in [6.07, 6.45) is -0.879. The van der Waals surface area contributed by atoms with E-state index in [1.165, 1.54) is 12.0 Å². The number of ether oxygens (including phenoxy) is 1. The first-order valence-electron chi connectivity index (χ1n) is 8.91. The van der Waals surface area contributed by atoms with Gasteiger partial charge in [-0.05, 0) is 55.0 Å². The molecule has 8 heteroatoms. The molecule has 1 amide bonds. The summed E-state index contributed by atoms with van der Waals surface area (Å²) < 4.78 is 5.26. The van der Waals surface area contributed by atoms with Gasteiger partial charge < -0.3 is 19.8 Å². The minimum absolute atomic E-state index is 0.363. The summed E-state index contributed by atoms with van der Waals surface area (Å²) in [6.45, 7) is 1.67. The van der Waals surface area contributed by atoms with Crippen LogP contribution in [0.4, 0.5) is 5.69 Å². The topological polar surface area (TPSA) is 104 Å². The number of amides is 1. The Labute approximate surface area is 172 Å². The molecule has 0 fully saturated rings. The average Bonchev–Trinajstić information content (AvgIpc) is 2.88. The molecule has 1 heterocycles. The number of hydrogen-bond acceptors (Lipinski definition) is 4. The number of nitrogens with zero attached hydrogens (tertiary/aromatic N) is 1. The molecule has 29 heavy (non-hydrogen) atoms. The lowest BCUT2D eigenvalue weighted by Gasteiger charge is -2.34. The van der Waals surface area contributed by atoms with Crippen LogP contribution in [0.15, 0.2) is 42.5 Å². The van der Waals surface area contributed by atoms with Crippen LogP contribution in [0.25, 0.3) is 0 Å². The van der Waals surface area contributed by atoms with Gasteiger partial charge in [0.15, 0.2) is 0 Å². The molecule has 0 saturated heterocycles. The van der Waals surface area contributed by atoms with Crippen LogP contribution in [0, 0.1) is 0 Å². The van der Waals surface area contributed by atoms with E-state index in [-0.39, 0.29) is 5.91 Å². The average molecular weight is 418 g/mol. The summed E-state index contributed by atoms with van der Waals surface area (Å²) in [5.74, 6) is -2.20. The van der Waals surface area contributed by atoms with E-state index >= 15 is 0 Å². The number of rotatable bonds is 6. The predicted molar refractivity (Wildman–Crippen MR) is 107 cm³/mol. The Morgan fingerprint density at radius 1 is 1.07 bits per heavy atom. The SMILES string of the molecule is COc1ccc2c(c1)C(CC(=O)O)(CC(=O)O)C(C)N2C(=O)c1ccc(Cl)cc1. The number of carbonyl (C=O) groups excluding carboxylic acids is 1. The number of carboxylic acid groups (broad SMARTS) is 2. The second-order valence-corrected chi connectivity index (χ2v) is 7.47. The van der Waals surface area contributed by atoms with Crippen molar-refractivity contribution in [3.63, 3.8) is 0 Å². The smallest absolute Gasteiger partial charge is 0.304 e. The Balaban J connectivity index is 2.19. The van der Waals surface area contributed by atoms with Gasteiger partial charge in [-0.2, -0.15) is 0 Å². The normalized spacial score (nSPS) is 16.9. The van der Waals surface area contributed by atoms with E-state index in [9.17, 15) is 24.6 Å². The lowest BCUT2D eigenvalue weighted by Crippen LogP contribution is -2.47. The molecule has 0 radical (unpaired) electrons. The van der Waals surface area contributed by atoms with E-state index < -0.39 is 36.2 Å². The van der Waals surface area contributed by atoms with Gasteiger partial charge in [-0.3, -0.25) is 14.4 Å². The Morgan fingerprint density at radius 3 is 2.17 bits per heavy atom. The quantitative estimate of drug-likeness (QED) is 0.744. The third kappa shape index (κ3) is 3.65. The highest BCUT2D eigenvalue weighted by atomic mass is 35.5. The maximum Gasteiger partial charge on any atom is 0.304 e. The van der Waals surface area contributed by atoms with Crippen LogP contribution in [0.2, 0.25) is 5.02 Å². The molecule has 2 N–H and O–H groups in total. The maximum absolute atomic E-state index is 13.3. The molecule has 0 bridgehead atoms. The zero-order valence-corrected chi connectivity index (χ0v) is 16.6. The number of methoxy groups -OCH3 is 1. The fraction of sp³-hybridized carbons (Fsp3) is 0.286. The molecular formula is C21H20ClNO6. The Morgan fingerprint density at radius 2 is 1.66 bits per heavy atom. The number of anilines is 1. The predicted octanol–water partition coefficient (Wildman–Crippen LogP) is 3.58. The Kier molecular flexibility index (Phi) is 5.53. The summed E-state index contributed by atoms with van der Waals surface area (Å²) in [5.41, 5.74) is 0.00515. The van der Waals surface area contributed by atoms with E-state index in [0.29, 0.717) is 27.6 Å². The number of aliphatic carboxylic acids is 2. The number of fused-ring (bicyclic) bond motifs is 1. The van der Waals surface area contributed by atoms with Gasteiger partial charge in [0.25, 0.3) is 5.91 Å². The molecule has 2 aromatic carbocycles. The van der Waals surface area contributed by atoms with E-state index in [2.05, 4.69) is 0 Å². The van der Waals surface area contributed by atoms with Crippen molar-refractivity contribution in [3.05, 3.63) is 58.6 Å². The first-order chi connectivity index (χ1) is 13.7. The molecule has 0 aromatic heterocycles. The van der Waals surface area contributed by atoms with Crippen molar-refractivity contribution < 1.29 is 29.3 Å². The summed E-state index contributed by atoms with van der Waals surface area (Å²) in [5, 5.41) is 19.6. The fourth-order valence-electron chi connectivity index (χ4n) is 4.04. The molecule has 3 rings (SSSR count). The molecule has 7 nitrogen and oxygen atoms in total. The minimum Gasteiger partial charge on any atom is -0.497 e. The second-order valence-electron chi connectivity index (χ2n) is 7.04. The summed E-state index contributed by atoms with van der Waals surface area (Å²) in [4.78, 5) is 38.2. The molecule has 0 saturated carbocycles.